The molecule has 1 aliphatic rings. The molecule has 0 aliphatic carbocycles. The van der Waals surface area contributed by atoms with Crippen LogP contribution in [0.2, 0.25) is 0 Å². The van der Waals surface area contributed by atoms with Gasteiger partial charge in [0, 0.05) is 12.0 Å². The van der Waals surface area contributed by atoms with Crippen LogP contribution in [0.4, 0.5) is 0 Å². The largest absolute Gasteiger partial charge is 0.314 e. The van der Waals surface area contributed by atoms with Crippen LogP contribution in [0.5, 0.6) is 0 Å². The molecule has 1 saturated heterocycles. The molecule has 0 bridgehead atoms. The molecule has 0 aromatic carbocycles. The van der Waals surface area contributed by atoms with Gasteiger partial charge in [0.05, 0.1) is 6.07 Å². The molecule has 1 rings (SSSR count). The van der Waals surface area contributed by atoms with Crippen molar-refractivity contribution in [1.82, 2.24) is 5.32 Å². The zero-order valence-corrected chi connectivity index (χ0v) is 5.72. The SMILES string of the molecule is C[C@H]1C[C@H](C#N)CCN1. The Morgan fingerprint density at radius 3 is 2.89 bits per heavy atom. The molecule has 0 aromatic heterocycles. The second-order valence-corrected chi connectivity index (χ2v) is 2.71. The topological polar surface area (TPSA) is 35.8 Å². The van der Waals surface area contributed by atoms with Crippen LogP contribution in [0.3, 0.4) is 0 Å². The second-order valence-electron chi connectivity index (χ2n) is 2.71. The van der Waals surface area contributed by atoms with Gasteiger partial charge in [0.2, 0.25) is 0 Å². The molecule has 1 N–H and O–H groups in total. The van der Waals surface area contributed by atoms with Gasteiger partial charge in [0.25, 0.3) is 0 Å². The highest BCUT2D eigenvalue weighted by atomic mass is 14.9. The van der Waals surface area contributed by atoms with E-state index in [0.29, 0.717) is 12.0 Å². The molecule has 50 valence electrons. The zero-order valence-electron chi connectivity index (χ0n) is 5.72. The minimum atomic E-state index is 0.307. The fourth-order valence-corrected chi connectivity index (χ4v) is 1.25. The Morgan fingerprint density at radius 1 is 1.67 bits per heavy atom. The summed E-state index contributed by atoms with van der Waals surface area (Å²) in [6.07, 6.45) is 2.05. The van der Waals surface area contributed by atoms with Gasteiger partial charge in [-0.25, -0.2) is 0 Å². The van der Waals surface area contributed by atoms with Gasteiger partial charge in [-0.3, -0.25) is 0 Å². The maximum atomic E-state index is 8.53. The van der Waals surface area contributed by atoms with Gasteiger partial charge in [-0.2, -0.15) is 5.26 Å². The average molecular weight is 124 g/mol. The van der Waals surface area contributed by atoms with Crippen molar-refractivity contribution in [2.75, 3.05) is 6.54 Å². The molecular weight excluding hydrogens is 112 g/mol. The standard InChI is InChI=1S/C7H12N2/c1-6-4-7(5-8)2-3-9-6/h6-7,9H,2-4H2,1H3/t6-,7+/m0/s1. The first-order valence-electron chi connectivity index (χ1n) is 3.46. The molecule has 1 aliphatic heterocycles. The first-order valence-corrected chi connectivity index (χ1v) is 3.46. The number of hydrogen-bond donors (Lipinski definition) is 1. The Hall–Kier alpha value is -0.550. The van der Waals surface area contributed by atoms with Crippen molar-refractivity contribution in [3.8, 4) is 6.07 Å². The van der Waals surface area contributed by atoms with Crippen LogP contribution in [-0.2, 0) is 0 Å². The van der Waals surface area contributed by atoms with E-state index in [1.165, 1.54) is 0 Å². The summed E-state index contributed by atoms with van der Waals surface area (Å²) in [5.74, 6) is 0.307. The molecular formula is C7H12N2. The fraction of sp³-hybridized carbons (Fsp3) is 0.857. The quantitative estimate of drug-likeness (QED) is 0.520. The lowest BCUT2D eigenvalue weighted by atomic mass is 9.95. The van der Waals surface area contributed by atoms with Crippen LogP contribution in [0.1, 0.15) is 19.8 Å². The van der Waals surface area contributed by atoms with Gasteiger partial charge in [0.15, 0.2) is 0 Å². The molecule has 1 heterocycles. The summed E-state index contributed by atoms with van der Waals surface area (Å²) in [7, 11) is 0. The average Bonchev–Trinajstić information content (AvgIpc) is 1.88. The summed E-state index contributed by atoms with van der Waals surface area (Å²) in [5.41, 5.74) is 0. The lowest BCUT2D eigenvalue weighted by Gasteiger charge is -2.22. The Labute approximate surface area is 55.9 Å². The number of hydrogen-bond acceptors (Lipinski definition) is 2. The molecule has 0 aromatic rings. The van der Waals surface area contributed by atoms with Crippen molar-refractivity contribution in [3.05, 3.63) is 0 Å². The van der Waals surface area contributed by atoms with E-state index in [9.17, 15) is 0 Å². The predicted octanol–water partition coefficient (Wildman–Crippen LogP) is 0.898. The summed E-state index contributed by atoms with van der Waals surface area (Å²) in [6, 6.07) is 2.84. The third-order valence-corrected chi connectivity index (χ3v) is 1.81. The smallest absolute Gasteiger partial charge is 0.0656 e. The van der Waals surface area contributed by atoms with Gasteiger partial charge in [-0.05, 0) is 26.3 Å². The van der Waals surface area contributed by atoms with Crippen molar-refractivity contribution >= 4 is 0 Å². The summed E-state index contributed by atoms with van der Waals surface area (Å²) in [5, 5.41) is 11.8. The number of piperidine rings is 1. The van der Waals surface area contributed by atoms with Crippen molar-refractivity contribution in [3.63, 3.8) is 0 Å². The van der Waals surface area contributed by atoms with Crippen molar-refractivity contribution in [2.45, 2.75) is 25.8 Å². The number of nitriles is 1. The monoisotopic (exact) mass is 124 g/mol. The van der Waals surface area contributed by atoms with E-state index in [2.05, 4.69) is 18.3 Å². The normalized spacial score (nSPS) is 35.6. The third kappa shape index (κ3) is 1.69. The summed E-state index contributed by atoms with van der Waals surface area (Å²) < 4.78 is 0. The van der Waals surface area contributed by atoms with Gasteiger partial charge in [-0.1, -0.05) is 0 Å². The first-order chi connectivity index (χ1) is 4.33. The van der Waals surface area contributed by atoms with Crippen molar-refractivity contribution < 1.29 is 0 Å². The van der Waals surface area contributed by atoms with Gasteiger partial charge < -0.3 is 5.32 Å². The van der Waals surface area contributed by atoms with Crippen LogP contribution in [0.15, 0.2) is 0 Å². The van der Waals surface area contributed by atoms with Crippen LogP contribution < -0.4 is 5.32 Å². The van der Waals surface area contributed by atoms with E-state index in [1.54, 1.807) is 0 Å². The van der Waals surface area contributed by atoms with Crippen LogP contribution in [0.25, 0.3) is 0 Å². The van der Waals surface area contributed by atoms with E-state index >= 15 is 0 Å². The summed E-state index contributed by atoms with van der Waals surface area (Å²) in [4.78, 5) is 0. The number of nitrogens with zero attached hydrogens (tertiary/aromatic N) is 1. The van der Waals surface area contributed by atoms with Crippen LogP contribution >= 0.6 is 0 Å². The van der Waals surface area contributed by atoms with E-state index < -0.39 is 0 Å². The highest BCUT2D eigenvalue weighted by Crippen LogP contribution is 2.13. The molecule has 2 nitrogen and oxygen atoms in total. The van der Waals surface area contributed by atoms with E-state index in [-0.39, 0.29) is 0 Å². The predicted molar refractivity (Wildman–Crippen MR) is 35.8 cm³/mol. The lowest BCUT2D eigenvalue weighted by molar-refractivity contribution is 0.368. The Morgan fingerprint density at radius 2 is 2.44 bits per heavy atom. The number of rotatable bonds is 0. The minimum Gasteiger partial charge on any atom is -0.314 e. The van der Waals surface area contributed by atoms with Gasteiger partial charge in [-0.15, -0.1) is 0 Å². The minimum absolute atomic E-state index is 0.307. The Balaban J connectivity index is 2.34. The van der Waals surface area contributed by atoms with E-state index in [1.807, 2.05) is 0 Å². The van der Waals surface area contributed by atoms with Crippen LogP contribution in [-0.4, -0.2) is 12.6 Å². The molecule has 1 fully saturated rings. The molecule has 0 amide bonds. The van der Waals surface area contributed by atoms with Gasteiger partial charge in [0.1, 0.15) is 0 Å². The van der Waals surface area contributed by atoms with Crippen LogP contribution in [0, 0.1) is 17.2 Å². The summed E-state index contributed by atoms with van der Waals surface area (Å²) in [6.45, 7) is 3.14. The van der Waals surface area contributed by atoms with Gasteiger partial charge >= 0.3 is 0 Å². The van der Waals surface area contributed by atoms with E-state index in [4.69, 9.17) is 5.26 Å². The Bertz CT molecular complexity index is 125. The summed E-state index contributed by atoms with van der Waals surface area (Å²) >= 11 is 0. The maximum Gasteiger partial charge on any atom is 0.0656 e. The zero-order chi connectivity index (χ0) is 6.69. The molecule has 0 unspecified atom stereocenters. The first kappa shape index (κ1) is 6.57. The van der Waals surface area contributed by atoms with Crippen molar-refractivity contribution in [2.24, 2.45) is 5.92 Å². The maximum absolute atomic E-state index is 8.53. The van der Waals surface area contributed by atoms with E-state index in [0.717, 1.165) is 19.4 Å². The highest BCUT2D eigenvalue weighted by Gasteiger charge is 2.16. The lowest BCUT2D eigenvalue weighted by Crippen LogP contribution is -2.35. The molecule has 9 heavy (non-hydrogen) atoms. The molecule has 0 radical (unpaired) electrons. The van der Waals surface area contributed by atoms with Crippen molar-refractivity contribution in [1.29, 1.82) is 5.26 Å². The molecule has 2 atom stereocenters. The third-order valence-electron chi connectivity index (χ3n) is 1.81. The fourth-order valence-electron chi connectivity index (χ4n) is 1.25. The molecule has 0 spiro atoms. The highest BCUT2D eigenvalue weighted by molar-refractivity contribution is 4.88. The Kier molecular flexibility index (Phi) is 2.07. The second kappa shape index (κ2) is 2.84. The molecule has 0 saturated carbocycles. The molecule has 2 heteroatoms. The number of nitrogens with one attached hydrogen (secondary N) is 1.